The van der Waals surface area contributed by atoms with Gasteiger partial charge in [0.2, 0.25) is 17.7 Å². The van der Waals surface area contributed by atoms with Crippen molar-refractivity contribution in [3.8, 4) is 0 Å². The number of rotatable bonds is 2. The minimum Gasteiger partial charge on any atom is -0.345 e. The van der Waals surface area contributed by atoms with E-state index in [1.54, 1.807) is 23.8 Å². The highest BCUT2D eigenvalue weighted by atomic mass is 16.2. The molecule has 0 N–H and O–H groups in total. The van der Waals surface area contributed by atoms with Crippen LogP contribution >= 0.6 is 0 Å². The van der Waals surface area contributed by atoms with E-state index >= 15 is 0 Å². The summed E-state index contributed by atoms with van der Waals surface area (Å²) in [6.45, 7) is 8.47. The zero-order valence-corrected chi connectivity index (χ0v) is 14.1. The Morgan fingerprint density at radius 2 is 1.73 bits per heavy atom. The summed E-state index contributed by atoms with van der Waals surface area (Å²) >= 11 is 0. The average molecular weight is 309 g/mol. The van der Waals surface area contributed by atoms with Gasteiger partial charge in [-0.3, -0.25) is 14.4 Å². The number of hydrogen-bond donors (Lipinski definition) is 0. The van der Waals surface area contributed by atoms with Crippen LogP contribution in [0.4, 0.5) is 0 Å². The summed E-state index contributed by atoms with van der Waals surface area (Å²) in [5, 5.41) is 0. The van der Waals surface area contributed by atoms with Gasteiger partial charge in [0, 0.05) is 65.0 Å². The third-order valence-corrected chi connectivity index (χ3v) is 4.60. The molecule has 2 fully saturated rings. The van der Waals surface area contributed by atoms with Gasteiger partial charge in [-0.25, -0.2) is 0 Å². The summed E-state index contributed by atoms with van der Waals surface area (Å²) in [6.07, 6.45) is 0.929. The normalized spacial score (nSPS) is 26.0. The van der Waals surface area contributed by atoms with Crippen LogP contribution in [0.15, 0.2) is 0 Å². The van der Waals surface area contributed by atoms with Crippen molar-refractivity contribution in [3.05, 3.63) is 0 Å². The van der Waals surface area contributed by atoms with E-state index in [1.165, 1.54) is 0 Å². The van der Waals surface area contributed by atoms with E-state index in [2.05, 4.69) is 0 Å². The van der Waals surface area contributed by atoms with Crippen LogP contribution in [0.1, 0.15) is 33.6 Å². The van der Waals surface area contributed by atoms with Crippen molar-refractivity contribution < 1.29 is 14.4 Å². The van der Waals surface area contributed by atoms with Gasteiger partial charge in [-0.15, -0.1) is 0 Å². The van der Waals surface area contributed by atoms with E-state index in [4.69, 9.17) is 0 Å². The first kappa shape index (κ1) is 16.8. The molecule has 124 valence electrons. The zero-order valence-electron chi connectivity index (χ0n) is 14.1. The molecule has 0 bridgehead atoms. The Kier molecular flexibility index (Phi) is 4.78. The van der Waals surface area contributed by atoms with E-state index in [-0.39, 0.29) is 23.1 Å². The summed E-state index contributed by atoms with van der Waals surface area (Å²) in [4.78, 5) is 41.7. The maximum absolute atomic E-state index is 12.5. The van der Waals surface area contributed by atoms with Gasteiger partial charge in [-0.05, 0) is 5.92 Å². The lowest BCUT2D eigenvalue weighted by Gasteiger charge is -2.33. The van der Waals surface area contributed by atoms with Crippen molar-refractivity contribution in [3.63, 3.8) is 0 Å². The van der Waals surface area contributed by atoms with Gasteiger partial charge < -0.3 is 14.7 Å². The van der Waals surface area contributed by atoms with Crippen LogP contribution in [-0.4, -0.2) is 72.2 Å². The molecule has 2 aliphatic heterocycles. The Morgan fingerprint density at radius 3 is 2.23 bits per heavy atom. The first-order valence-electron chi connectivity index (χ1n) is 8.00. The standard InChI is InChI=1S/C16H27N3O3/c1-12(2)7-14(21)19-6-5-18(13(3)20)10-16(11-19)8-15(22)17(4)9-16/h12H,5-11H2,1-4H3. The van der Waals surface area contributed by atoms with Crippen molar-refractivity contribution >= 4 is 17.7 Å². The van der Waals surface area contributed by atoms with Crippen molar-refractivity contribution in [2.45, 2.75) is 33.6 Å². The second kappa shape index (κ2) is 6.26. The summed E-state index contributed by atoms with van der Waals surface area (Å²) in [6, 6.07) is 0. The van der Waals surface area contributed by atoms with Gasteiger partial charge in [0.1, 0.15) is 0 Å². The smallest absolute Gasteiger partial charge is 0.223 e. The van der Waals surface area contributed by atoms with Crippen LogP contribution in [0.2, 0.25) is 0 Å². The summed E-state index contributed by atoms with van der Waals surface area (Å²) in [5.74, 6) is 0.548. The molecule has 0 saturated carbocycles. The largest absolute Gasteiger partial charge is 0.345 e. The minimum atomic E-state index is -0.319. The van der Waals surface area contributed by atoms with Crippen molar-refractivity contribution in [2.24, 2.45) is 11.3 Å². The van der Waals surface area contributed by atoms with E-state index in [0.717, 1.165) is 0 Å². The first-order valence-corrected chi connectivity index (χ1v) is 8.00. The molecule has 6 heteroatoms. The molecule has 22 heavy (non-hydrogen) atoms. The molecule has 2 aliphatic rings. The molecule has 0 radical (unpaired) electrons. The summed E-state index contributed by atoms with van der Waals surface area (Å²) < 4.78 is 0. The fourth-order valence-electron chi connectivity index (χ4n) is 3.53. The molecule has 3 amide bonds. The lowest BCUT2D eigenvalue weighted by Crippen LogP contribution is -2.45. The Morgan fingerprint density at radius 1 is 1.14 bits per heavy atom. The van der Waals surface area contributed by atoms with Crippen LogP contribution in [-0.2, 0) is 14.4 Å². The molecule has 0 aromatic rings. The molecule has 1 atom stereocenters. The number of carbonyl (C=O) groups is 3. The molecule has 0 aromatic carbocycles. The Labute approximate surface area is 132 Å². The van der Waals surface area contributed by atoms with Gasteiger partial charge in [0.05, 0.1) is 0 Å². The Balaban J connectivity index is 2.21. The highest BCUT2D eigenvalue weighted by molar-refractivity contribution is 5.81. The Bertz CT molecular complexity index is 477. The highest BCUT2D eigenvalue weighted by Crippen LogP contribution is 2.34. The van der Waals surface area contributed by atoms with Gasteiger partial charge in [0.25, 0.3) is 0 Å². The van der Waals surface area contributed by atoms with Gasteiger partial charge in [-0.1, -0.05) is 13.8 Å². The second-order valence-electron chi connectivity index (χ2n) is 7.28. The van der Waals surface area contributed by atoms with E-state index in [0.29, 0.717) is 51.5 Å². The fourth-order valence-corrected chi connectivity index (χ4v) is 3.53. The van der Waals surface area contributed by atoms with Gasteiger partial charge >= 0.3 is 0 Å². The molecule has 1 unspecified atom stereocenters. The quantitative estimate of drug-likeness (QED) is 0.749. The van der Waals surface area contributed by atoms with Crippen LogP contribution in [0, 0.1) is 11.3 Å². The molecule has 1 spiro atoms. The minimum absolute atomic E-state index is 0.0135. The van der Waals surface area contributed by atoms with Crippen molar-refractivity contribution in [2.75, 3.05) is 39.8 Å². The maximum Gasteiger partial charge on any atom is 0.223 e. The highest BCUT2D eigenvalue weighted by Gasteiger charge is 2.46. The predicted molar refractivity (Wildman–Crippen MR) is 83.0 cm³/mol. The lowest BCUT2D eigenvalue weighted by atomic mass is 9.85. The van der Waals surface area contributed by atoms with Crippen LogP contribution in [0.3, 0.4) is 0 Å². The number of nitrogens with zero attached hydrogens (tertiary/aromatic N) is 3. The fraction of sp³-hybridized carbons (Fsp3) is 0.812. The second-order valence-corrected chi connectivity index (χ2v) is 7.28. The lowest BCUT2D eigenvalue weighted by molar-refractivity contribution is -0.133. The number of amides is 3. The van der Waals surface area contributed by atoms with Crippen LogP contribution < -0.4 is 0 Å². The predicted octanol–water partition coefficient (Wildman–Crippen LogP) is 0.572. The van der Waals surface area contributed by atoms with Crippen molar-refractivity contribution in [1.29, 1.82) is 0 Å². The molecular formula is C16H27N3O3. The molecule has 6 nitrogen and oxygen atoms in total. The summed E-state index contributed by atoms with van der Waals surface area (Å²) in [5.41, 5.74) is -0.319. The third-order valence-electron chi connectivity index (χ3n) is 4.60. The SMILES string of the molecule is CC(=O)N1CCN(C(=O)CC(C)C)CC2(CC(=O)N(C)C2)C1. The van der Waals surface area contributed by atoms with Crippen molar-refractivity contribution in [1.82, 2.24) is 14.7 Å². The molecule has 2 saturated heterocycles. The van der Waals surface area contributed by atoms with E-state index in [1.807, 2.05) is 18.7 Å². The average Bonchev–Trinajstić information content (AvgIpc) is 2.58. The van der Waals surface area contributed by atoms with Crippen LogP contribution in [0.5, 0.6) is 0 Å². The van der Waals surface area contributed by atoms with Gasteiger partial charge in [0.15, 0.2) is 0 Å². The van der Waals surface area contributed by atoms with Gasteiger partial charge in [-0.2, -0.15) is 0 Å². The van der Waals surface area contributed by atoms with E-state index in [9.17, 15) is 14.4 Å². The molecule has 2 rings (SSSR count). The maximum atomic E-state index is 12.5. The molecular weight excluding hydrogens is 282 g/mol. The number of likely N-dealkylation sites (tertiary alicyclic amines) is 1. The number of hydrogen-bond acceptors (Lipinski definition) is 3. The van der Waals surface area contributed by atoms with Crippen LogP contribution in [0.25, 0.3) is 0 Å². The molecule has 0 aromatic heterocycles. The number of carbonyl (C=O) groups excluding carboxylic acids is 3. The summed E-state index contributed by atoms with van der Waals surface area (Å²) in [7, 11) is 1.79. The van der Waals surface area contributed by atoms with E-state index < -0.39 is 0 Å². The third kappa shape index (κ3) is 3.59. The zero-order chi connectivity index (χ0) is 16.5. The monoisotopic (exact) mass is 309 g/mol. The first-order chi connectivity index (χ1) is 10.2. The Hall–Kier alpha value is -1.59. The molecule has 2 heterocycles. The topological polar surface area (TPSA) is 60.9 Å². The molecule has 0 aliphatic carbocycles.